The Morgan fingerprint density at radius 2 is 2.15 bits per heavy atom. The van der Waals surface area contributed by atoms with Crippen molar-refractivity contribution in [1.82, 2.24) is 10.2 Å². The number of nitrogens with zero attached hydrogens (tertiary/aromatic N) is 2. The first-order valence-electron chi connectivity index (χ1n) is 7.41. The van der Waals surface area contributed by atoms with Gasteiger partial charge in [0, 0.05) is 5.25 Å². The number of aromatic nitrogens is 2. The van der Waals surface area contributed by atoms with E-state index in [1.165, 1.54) is 44.9 Å². The van der Waals surface area contributed by atoms with E-state index >= 15 is 0 Å². The van der Waals surface area contributed by atoms with Crippen LogP contribution in [0.5, 0.6) is 0 Å². The second-order valence-electron chi connectivity index (χ2n) is 5.66. The summed E-state index contributed by atoms with van der Waals surface area (Å²) in [6, 6.07) is 0. The molecule has 2 aliphatic carbocycles. The number of carbonyl (C=O) groups excluding carboxylic acids is 1. The minimum absolute atomic E-state index is 0.0358. The van der Waals surface area contributed by atoms with E-state index in [0.29, 0.717) is 22.5 Å². The van der Waals surface area contributed by atoms with Crippen LogP contribution in [0, 0.1) is 5.41 Å². The molecule has 0 amide bonds. The molecule has 2 saturated carbocycles. The molecule has 1 aromatic heterocycles. The highest BCUT2D eigenvalue weighted by molar-refractivity contribution is 7.99. The van der Waals surface area contributed by atoms with Gasteiger partial charge in [0.25, 0.3) is 5.22 Å². The number of esters is 1. The van der Waals surface area contributed by atoms with Crippen LogP contribution in [0.1, 0.15) is 62.6 Å². The van der Waals surface area contributed by atoms with Crippen molar-refractivity contribution < 1.29 is 13.9 Å². The molecule has 2 aliphatic rings. The molecule has 6 heteroatoms. The number of hydrogen-bond acceptors (Lipinski definition) is 6. The van der Waals surface area contributed by atoms with Crippen molar-refractivity contribution in [2.24, 2.45) is 5.41 Å². The molecule has 0 aromatic carbocycles. The Hall–Kier alpha value is -1.04. The lowest BCUT2D eigenvalue weighted by molar-refractivity contribution is 0.0474. The summed E-state index contributed by atoms with van der Waals surface area (Å²) in [7, 11) is 0. The number of hydrogen-bond donors (Lipinski definition) is 0. The molecule has 2 fully saturated rings. The van der Waals surface area contributed by atoms with E-state index in [1.807, 2.05) is 0 Å². The van der Waals surface area contributed by atoms with E-state index in [9.17, 15) is 4.79 Å². The highest BCUT2D eigenvalue weighted by atomic mass is 32.2. The second-order valence-corrected chi connectivity index (χ2v) is 6.82. The molecule has 110 valence electrons. The van der Waals surface area contributed by atoms with E-state index in [4.69, 9.17) is 9.15 Å². The molecule has 1 spiro atoms. The molecule has 0 radical (unpaired) electrons. The molecule has 1 atom stereocenters. The van der Waals surface area contributed by atoms with E-state index in [2.05, 4.69) is 10.2 Å². The SMILES string of the molecule is CCOC(=O)c1nnc(SC2CCC23CCCCC3)o1. The van der Waals surface area contributed by atoms with Crippen molar-refractivity contribution >= 4 is 17.7 Å². The lowest BCUT2D eigenvalue weighted by Crippen LogP contribution is -2.44. The van der Waals surface area contributed by atoms with Crippen molar-refractivity contribution in [3.63, 3.8) is 0 Å². The van der Waals surface area contributed by atoms with Gasteiger partial charge in [-0.25, -0.2) is 4.79 Å². The van der Waals surface area contributed by atoms with Crippen molar-refractivity contribution in [2.75, 3.05) is 6.61 Å². The Morgan fingerprint density at radius 1 is 1.35 bits per heavy atom. The quantitative estimate of drug-likeness (QED) is 0.793. The van der Waals surface area contributed by atoms with Crippen molar-refractivity contribution in [3.05, 3.63) is 5.89 Å². The third-order valence-corrected chi connectivity index (χ3v) is 5.92. The second kappa shape index (κ2) is 5.76. The Kier molecular flexibility index (Phi) is 4.01. The number of rotatable bonds is 4. The summed E-state index contributed by atoms with van der Waals surface area (Å²) in [6.45, 7) is 2.07. The maximum atomic E-state index is 11.5. The van der Waals surface area contributed by atoms with Gasteiger partial charge in [-0.15, -0.1) is 5.10 Å². The third-order valence-electron chi connectivity index (χ3n) is 4.54. The average molecular weight is 296 g/mol. The van der Waals surface area contributed by atoms with Gasteiger partial charge >= 0.3 is 11.9 Å². The molecular formula is C14H20N2O3S. The van der Waals surface area contributed by atoms with Crippen LogP contribution >= 0.6 is 11.8 Å². The van der Waals surface area contributed by atoms with Gasteiger partial charge in [-0.1, -0.05) is 36.1 Å². The summed E-state index contributed by atoms with van der Waals surface area (Å²) in [4.78, 5) is 11.5. The normalized spacial score (nSPS) is 24.4. The van der Waals surface area contributed by atoms with Gasteiger partial charge in [-0.3, -0.25) is 0 Å². The summed E-state index contributed by atoms with van der Waals surface area (Å²) >= 11 is 1.64. The van der Waals surface area contributed by atoms with Crippen LogP contribution in [-0.4, -0.2) is 28.0 Å². The predicted octanol–water partition coefficient (Wildman–Crippen LogP) is 3.45. The zero-order valence-electron chi connectivity index (χ0n) is 11.8. The zero-order valence-corrected chi connectivity index (χ0v) is 12.6. The highest BCUT2D eigenvalue weighted by Crippen LogP contribution is 2.57. The monoisotopic (exact) mass is 296 g/mol. The fraction of sp³-hybridized carbons (Fsp3) is 0.786. The topological polar surface area (TPSA) is 65.2 Å². The number of carbonyl (C=O) groups is 1. The van der Waals surface area contributed by atoms with Crippen LogP contribution in [-0.2, 0) is 4.74 Å². The zero-order chi connectivity index (χ0) is 14.0. The van der Waals surface area contributed by atoms with Crippen LogP contribution in [0.3, 0.4) is 0 Å². The van der Waals surface area contributed by atoms with Crippen LogP contribution < -0.4 is 0 Å². The first-order chi connectivity index (χ1) is 9.73. The molecule has 3 rings (SSSR count). The first kappa shape index (κ1) is 13.9. The van der Waals surface area contributed by atoms with Gasteiger partial charge in [0.05, 0.1) is 6.61 Å². The molecule has 0 saturated heterocycles. The first-order valence-corrected chi connectivity index (χ1v) is 8.29. The van der Waals surface area contributed by atoms with E-state index in [-0.39, 0.29) is 5.89 Å². The van der Waals surface area contributed by atoms with Crippen LogP contribution in [0.2, 0.25) is 0 Å². The summed E-state index contributed by atoms with van der Waals surface area (Å²) in [5.74, 6) is -0.570. The Balaban J connectivity index is 1.62. The summed E-state index contributed by atoms with van der Waals surface area (Å²) < 4.78 is 10.3. The molecule has 0 bridgehead atoms. The van der Waals surface area contributed by atoms with Gasteiger partial charge in [-0.2, -0.15) is 0 Å². The number of thioether (sulfide) groups is 1. The third kappa shape index (κ3) is 2.57. The minimum atomic E-state index is -0.534. The molecule has 1 heterocycles. The standard InChI is InChI=1S/C14H20N2O3S/c1-2-18-12(17)11-15-16-13(19-11)20-10-6-9-14(10)7-4-3-5-8-14/h10H,2-9H2,1H3. The lowest BCUT2D eigenvalue weighted by atomic mass is 9.60. The fourth-order valence-corrected chi connectivity index (χ4v) is 4.63. The Morgan fingerprint density at radius 3 is 2.80 bits per heavy atom. The average Bonchev–Trinajstić information content (AvgIpc) is 2.94. The highest BCUT2D eigenvalue weighted by Gasteiger charge is 2.48. The fourth-order valence-electron chi connectivity index (χ4n) is 3.34. The summed E-state index contributed by atoms with van der Waals surface area (Å²) in [6.07, 6.45) is 9.23. The largest absolute Gasteiger partial charge is 0.459 e. The molecule has 0 aliphatic heterocycles. The molecule has 1 aromatic rings. The number of ether oxygens (including phenoxy) is 1. The summed E-state index contributed by atoms with van der Waals surface area (Å²) in [5, 5.41) is 8.80. The minimum Gasteiger partial charge on any atom is -0.459 e. The van der Waals surface area contributed by atoms with E-state index < -0.39 is 5.97 Å². The van der Waals surface area contributed by atoms with Gasteiger partial charge in [-0.05, 0) is 38.0 Å². The Labute approximate surface area is 122 Å². The molecule has 5 nitrogen and oxygen atoms in total. The van der Waals surface area contributed by atoms with Crippen molar-refractivity contribution in [3.8, 4) is 0 Å². The van der Waals surface area contributed by atoms with Crippen LogP contribution in [0.4, 0.5) is 0 Å². The molecule has 20 heavy (non-hydrogen) atoms. The maximum absolute atomic E-state index is 11.5. The smallest absolute Gasteiger partial charge is 0.396 e. The van der Waals surface area contributed by atoms with Gasteiger partial charge in [0.2, 0.25) is 0 Å². The van der Waals surface area contributed by atoms with Crippen LogP contribution in [0.15, 0.2) is 9.64 Å². The lowest BCUT2D eigenvalue weighted by Gasteiger charge is -2.51. The molecule has 0 N–H and O–H groups in total. The van der Waals surface area contributed by atoms with Gasteiger partial charge in [0.1, 0.15) is 0 Å². The Bertz CT molecular complexity index is 483. The molecule has 1 unspecified atom stereocenters. The van der Waals surface area contributed by atoms with Crippen molar-refractivity contribution in [1.29, 1.82) is 0 Å². The summed E-state index contributed by atoms with van der Waals surface area (Å²) in [5.41, 5.74) is 0.488. The van der Waals surface area contributed by atoms with Gasteiger partial charge < -0.3 is 9.15 Å². The van der Waals surface area contributed by atoms with E-state index in [0.717, 1.165) is 0 Å². The predicted molar refractivity (Wildman–Crippen MR) is 74.7 cm³/mol. The maximum Gasteiger partial charge on any atom is 0.396 e. The van der Waals surface area contributed by atoms with Gasteiger partial charge in [0.15, 0.2) is 0 Å². The van der Waals surface area contributed by atoms with Crippen LogP contribution in [0.25, 0.3) is 0 Å². The van der Waals surface area contributed by atoms with Crippen molar-refractivity contribution in [2.45, 2.75) is 62.3 Å². The van der Waals surface area contributed by atoms with E-state index in [1.54, 1.807) is 18.7 Å². The molecular weight excluding hydrogens is 276 g/mol.